The molecule has 0 spiro atoms. The Balaban J connectivity index is 1.35. The zero-order valence-corrected chi connectivity index (χ0v) is 19.2. The molecule has 2 aromatic heterocycles. The normalized spacial score (nSPS) is 11.4. The summed E-state index contributed by atoms with van der Waals surface area (Å²) in [5.41, 5.74) is 4.85. The molecule has 0 bridgehead atoms. The van der Waals surface area contributed by atoms with Crippen LogP contribution in [-0.4, -0.2) is 21.6 Å². The molecule has 3 aromatic carbocycles. The zero-order valence-electron chi connectivity index (χ0n) is 19.2. The Morgan fingerprint density at radius 3 is 2.36 bits per heavy atom. The predicted octanol–water partition coefficient (Wildman–Crippen LogP) is 4.78. The first-order chi connectivity index (χ1) is 17.4. The standard InChI is InChI=1S/C27H20N4O5/c1-17-10-11-18(14-24(17)31(34)35)25-13-12-19(36-25)15-28-29-26(32)16-30-22-8-4-2-6-20(22)27(33)21-7-3-5-9-23(21)30/h2-15H,16H2,1H3,(H,29,32)/b28-15-. The molecule has 0 aliphatic heterocycles. The van der Waals surface area contributed by atoms with Crippen LogP contribution in [0.3, 0.4) is 0 Å². The molecule has 0 fully saturated rings. The highest BCUT2D eigenvalue weighted by Crippen LogP contribution is 2.28. The number of nitrogens with zero attached hydrogens (tertiary/aromatic N) is 3. The van der Waals surface area contributed by atoms with Crippen molar-refractivity contribution in [1.82, 2.24) is 9.99 Å². The summed E-state index contributed by atoms with van der Waals surface area (Å²) in [6.07, 6.45) is 1.35. The highest BCUT2D eigenvalue weighted by atomic mass is 16.6. The minimum atomic E-state index is -0.436. The number of furan rings is 1. The van der Waals surface area contributed by atoms with E-state index in [2.05, 4.69) is 10.5 Å². The SMILES string of the molecule is Cc1ccc(-c2ccc(/C=N\NC(=O)Cn3c4ccccc4c(=O)c4ccccc43)o2)cc1[N+](=O)[O-]. The molecule has 0 saturated heterocycles. The number of para-hydroxylation sites is 2. The minimum absolute atomic E-state index is 0.00828. The maximum absolute atomic E-state index is 12.8. The first-order valence-electron chi connectivity index (χ1n) is 11.1. The summed E-state index contributed by atoms with van der Waals surface area (Å²) in [6.45, 7) is 1.62. The number of fused-ring (bicyclic) bond motifs is 2. The molecule has 9 heteroatoms. The third-order valence-corrected chi connectivity index (χ3v) is 5.88. The van der Waals surface area contributed by atoms with Crippen molar-refractivity contribution in [3.8, 4) is 11.3 Å². The van der Waals surface area contributed by atoms with Crippen LogP contribution in [0.2, 0.25) is 0 Å². The summed E-state index contributed by atoms with van der Waals surface area (Å²) >= 11 is 0. The lowest BCUT2D eigenvalue weighted by Crippen LogP contribution is -2.25. The van der Waals surface area contributed by atoms with Crippen molar-refractivity contribution in [2.24, 2.45) is 5.10 Å². The number of nitro groups is 1. The van der Waals surface area contributed by atoms with Crippen LogP contribution in [-0.2, 0) is 11.3 Å². The molecule has 5 aromatic rings. The quantitative estimate of drug-likeness (QED) is 0.162. The molecule has 1 N–H and O–H groups in total. The van der Waals surface area contributed by atoms with Gasteiger partial charge in [-0.15, -0.1) is 0 Å². The Morgan fingerprint density at radius 2 is 1.69 bits per heavy atom. The van der Waals surface area contributed by atoms with Crippen LogP contribution >= 0.6 is 0 Å². The number of hydrazone groups is 1. The molecule has 5 rings (SSSR count). The minimum Gasteiger partial charge on any atom is -0.455 e. The molecular formula is C27H20N4O5. The van der Waals surface area contributed by atoms with Crippen LogP contribution < -0.4 is 10.9 Å². The molecule has 2 heterocycles. The number of aromatic nitrogens is 1. The van der Waals surface area contributed by atoms with Gasteiger partial charge in [-0.1, -0.05) is 36.4 Å². The fraction of sp³-hybridized carbons (Fsp3) is 0.0741. The molecule has 9 nitrogen and oxygen atoms in total. The van der Waals surface area contributed by atoms with E-state index in [1.807, 2.05) is 12.1 Å². The third-order valence-electron chi connectivity index (χ3n) is 5.88. The van der Waals surface area contributed by atoms with E-state index in [4.69, 9.17) is 4.42 Å². The number of amides is 1. The number of nitrogens with one attached hydrogen (secondary N) is 1. The zero-order chi connectivity index (χ0) is 25.2. The van der Waals surface area contributed by atoms with Crippen molar-refractivity contribution >= 4 is 39.6 Å². The van der Waals surface area contributed by atoms with Gasteiger partial charge in [0, 0.05) is 28.0 Å². The molecular weight excluding hydrogens is 460 g/mol. The van der Waals surface area contributed by atoms with Crippen molar-refractivity contribution < 1.29 is 14.1 Å². The second-order valence-electron chi connectivity index (χ2n) is 8.20. The van der Waals surface area contributed by atoms with Crippen LogP contribution in [0.25, 0.3) is 33.1 Å². The summed E-state index contributed by atoms with van der Waals surface area (Å²) in [5, 5.41) is 16.3. The number of rotatable bonds is 6. The Hall–Kier alpha value is -5.05. The van der Waals surface area contributed by atoms with E-state index < -0.39 is 4.92 Å². The van der Waals surface area contributed by atoms with Gasteiger partial charge in [0.1, 0.15) is 18.1 Å². The Labute approximate surface area is 204 Å². The number of carbonyl (C=O) groups excluding carboxylic acids is 1. The van der Waals surface area contributed by atoms with Gasteiger partial charge >= 0.3 is 0 Å². The molecule has 0 aliphatic carbocycles. The Bertz CT molecular complexity index is 1670. The summed E-state index contributed by atoms with van der Waals surface area (Å²) < 4.78 is 7.49. The third kappa shape index (κ3) is 4.25. The van der Waals surface area contributed by atoms with E-state index in [0.717, 1.165) is 0 Å². The Morgan fingerprint density at radius 1 is 1.03 bits per heavy atom. The van der Waals surface area contributed by atoms with Crippen LogP contribution in [0.15, 0.2) is 93.2 Å². The van der Waals surface area contributed by atoms with Gasteiger partial charge in [-0.25, -0.2) is 5.43 Å². The second-order valence-corrected chi connectivity index (χ2v) is 8.20. The number of carbonyl (C=O) groups is 1. The lowest BCUT2D eigenvalue weighted by Gasteiger charge is -2.14. The highest BCUT2D eigenvalue weighted by Gasteiger charge is 2.14. The molecule has 0 aliphatic rings. The van der Waals surface area contributed by atoms with Gasteiger partial charge in [0.15, 0.2) is 5.43 Å². The van der Waals surface area contributed by atoms with Gasteiger partial charge in [-0.05, 0) is 43.3 Å². The van der Waals surface area contributed by atoms with Gasteiger partial charge in [0.2, 0.25) is 0 Å². The van der Waals surface area contributed by atoms with E-state index in [0.29, 0.717) is 44.5 Å². The number of benzene rings is 3. The maximum atomic E-state index is 12.8. The van der Waals surface area contributed by atoms with E-state index in [1.165, 1.54) is 12.3 Å². The summed E-state index contributed by atoms with van der Waals surface area (Å²) in [5.74, 6) is 0.427. The Kier molecular flexibility index (Phi) is 5.87. The van der Waals surface area contributed by atoms with Crippen molar-refractivity contribution in [2.45, 2.75) is 13.5 Å². The fourth-order valence-corrected chi connectivity index (χ4v) is 4.13. The number of aryl methyl sites for hydroxylation is 1. The average molecular weight is 480 g/mol. The summed E-state index contributed by atoms with van der Waals surface area (Å²) in [6, 6.07) is 22.5. The smallest absolute Gasteiger partial charge is 0.273 e. The topological polar surface area (TPSA) is 120 Å². The number of hydrogen-bond donors (Lipinski definition) is 1. The fourth-order valence-electron chi connectivity index (χ4n) is 4.13. The lowest BCUT2D eigenvalue weighted by molar-refractivity contribution is -0.385. The van der Waals surface area contributed by atoms with E-state index in [9.17, 15) is 19.7 Å². The predicted molar refractivity (Wildman–Crippen MR) is 137 cm³/mol. The van der Waals surface area contributed by atoms with E-state index in [1.54, 1.807) is 72.2 Å². The molecule has 1 amide bonds. The molecule has 0 saturated carbocycles. The van der Waals surface area contributed by atoms with Gasteiger partial charge in [-0.2, -0.15) is 5.10 Å². The number of hydrogen-bond acceptors (Lipinski definition) is 6. The first-order valence-corrected chi connectivity index (χ1v) is 11.1. The van der Waals surface area contributed by atoms with E-state index in [-0.39, 0.29) is 23.6 Å². The average Bonchev–Trinajstić information content (AvgIpc) is 3.35. The van der Waals surface area contributed by atoms with Gasteiger partial charge in [0.05, 0.1) is 22.2 Å². The summed E-state index contributed by atoms with van der Waals surface area (Å²) in [7, 11) is 0. The molecule has 0 atom stereocenters. The first kappa shape index (κ1) is 22.7. The second kappa shape index (κ2) is 9.30. The highest BCUT2D eigenvalue weighted by molar-refractivity contribution is 5.95. The van der Waals surface area contributed by atoms with Crippen LogP contribution in [0.1, 0.15) is 11.3 Å². The van der Waals surface area contributed by atoms with Gasteiger partial charge in [-0.3, -0.25) is 19.7 Å². The van der Waals surface area contributed by atoms with Gasteiger partial charge in [0.25, 0.3) is 11.6 Å². The number of pyridine rings is 1. The van der Waals surface area contributed by atoms with Crippen molar-refractivity contribution in [2.75, 3.05) is 0 Å². The largest absolute Gasteiger partial charge is 0.455 e. The lowest BCUT2D eigenvalue weighted by atomic mass is 10.1. The molecule has 0 radical (unpaired) electrons. The molecule has 178 valence electrons. The van der Waals surface area contributed by atoms with Crippen molar-refractivity contribution in [3.05, 3.63) is 111 Å². The van der Waals surface area contributed by atoms with Crippen molar-refractivity contribution in [1.29, 1.82) is 0 Å². The number of nitro benzene ring substituents is 1. The molecule has 36 heavy (non-hydrogen) atoms. The maximum Gasteiger partial charge on any atom is 0.273 e. The summed E-state index contributed by atoms with van der Waals surface area (Å²) in [4.78, 5) is 36.3. The van der Waals surface area contributed by atoms with E-state index >= 15 is 0 Å². The van der Waals surface area contributed by atoms with Crippen LogP contribution in [0.5, 0.6) is 0 Å². The van der Waals surface area contributed by atoms with Crippen LogP contribution in [0, 0.1) is 17.0 Å². The van der Waals surface area contributed by atoms with Crippen molar-refractivity contribution in [3.63, 3.8) is 0 Å². The monoisotopic (exact) mass is 480 g/mol. The molecule has 0 unspecified atom stereocenters. The van der Waals surface area contributed by atoms with Gasteiger partial charge < -0.3 is 8.98 Å². The van der Waals surface area contributed by atoms with Crippen LogP contribution in [0.4, 0.5) is 5.69 Å².